The van der Waals surface area contributed by atoms with E-state index in [2.05, 4.69) is 25.2 Å². The lowest BCUT2D eigenvalue weighted by atomic mass is 9.76. The topological polar surface area (TPSA) is 67.8 Å². The molecule has 0 heterocycles. The molecule has 0 radical (unpaired) electrons. The van der Waals surface area contributed by atoms with Gasteiger partial charge in [0.15, 0.2) is 0 Å². The normalized spacial score (nSPS) is 17.3. The first-order valence-corrected chi connectivity index (χ1v) is 9.33. The fourth-order valence-corrected chi connectivity index (χ4v) is 4.41. The summed E-state index contributed by atoms with van der Waals surface area (Å²) in [5.74, 6) is 1.51. The van der Waals surface area contributed by atoms with Crippen molar-refractivity contribution in [3.8, 4) is 22.6 Å². The highest BCUT2D eigenvalue weighted by Gasteiger charge is 2.44. The molecular formula is C22H27NO4. The van der Waals surface area contributed by atoms with E-state index < -0.39 is 6.09 Å². The van der Waals surface area contributed by atoms with Crippen molar-refractivity contribution in [2.24, 2.45) is 5.41 Å². The average Bonchev–Trinajstić information content (AvgIpc) is 2.99. The zero-order valence-electron chi connectivity index (χ0n) is 16.3. The summed E-state index contributed by atoms with van der Waals surface area (Å²) in [5, 5.41) is 12.1. The van der Waals surface area contributed by atoms with Crippen molar-refractivity contribution in [3.63, 3.8) is 0 Å². The number of hydrogen-bond acceptors (Lipinski definition) is 3. The highest BCUT2D eigenvalue weighted by molar-refractivity contribution is 5.78. The van der Waals surface area contributed by atoms with Gasteiger partial charge in [-0.1, -0.05) is 38.1 Å². The molecule has 0 fully saturated rings. The number of benzene rings is 2. The van der Waals surface area contributed by atoms with Crippen molar-refractivity contribution in [2.75, 3.05) is 14.2 Å². The number of fused-ring (bicyclic) bond motifs is 1. The molecule has 2 N–H and O–H groups in total. The number of nitrogens with one attached hydrogen (secondary N) is 1. The molecule has 0 aromatic heterocycles. The molecule has 0 saturated heterocycles. The molecule has 1 aliphatic carbocycles. The van der Waals surface area contributed by atoms with Crippen LogP contribution in [0.4, 0.5) is 4.79 Å². The van der Waals surface area contributed by atoms with Crippen molar-refractivity contribution < 1.29 is 19.4 Å². The Morgan fingerprint density at radius 2 is 1.78 bits per heavy atom. The minimum atomic E-state index is -0.977. The van der Waals surface area contributed by atoms with Crippen LogP contribution in [0, 0.1) is 5.41 Å². The lowest BCUT2D eigenvalue weighted by molar-refractivity contribution is 0.157. The Labute approximate surface area is 160 Å². The second-order valence-corrected chi connectivity index (χ2v) is 7.08. The largest absolute Gasteiger partial charge is 0.496 e. The Kier molecular flexibility index (Phi) is 5.31. The highest BCUT2D eigenvalue weighted by Crippen LogP contribution is 2.51. The third-order valence-corrected chi connectivity index (χ3v) is 6.00. The third kappa shape index (κ3) is 3.22. The molecule has 0 saturated carbocycles. The summed E-state index contributed by atoms with van der Waals surface area (Å²) in [6.45, 7) is 4.27. The van der Waals surface area contributed by atoms with Crippen LogP contribution in [-0.4, -0.2) is 25.4 Å². The quantitative estimate of drug-likeness (QED) is 0.748. The summed E-state index contributed by atoms with van der Waals surface area (Å²) < 4.78 is 11.1. The minimum Gasteiger partial charge on any atom is -0.496 e. The van der Waals surface area contributed by atoms with Gasteiger partial charge in [-0.2, -0.15) is 0 Å². The molecule has 2 aromatic carbocycles. The summed E-state index contributed by atoms with van der Waals surface area (Å²) in [6.07, 6.45) is 1.70. The Morgan fingerprint density at radius 3 is 2.30 bits per heavy atom. The standard InChI is InChI=1S/C22H27NO4/c1-5-22(6-2)13-15-12-14(10-11-16(15)20(22)23-21(24)25)19-17(26-3)8-7-9-18(19)27-4/h7-12,20,23H,5-6,13H2,1-4H3,(H,24,25). The van der Waals surface area contributed by atoms with Crippen molar-refractivity contribution >= 4 is 6.09 Å². The van der Waals surface area contributed by atoms with Gasteiger partial charge >= 0.3 is 6.09 Å². The number of amides is 1. The Hall–Kier alpha value is -2.69. The number of carboxylic acid groups (broad SMARTS) is 1. The number of rotatable bonds is 6. The molecule has 0 spiro atoms. The van der Waals surface area contributed by atoms with Gasteiger partial charge in [0.25, 0.3) is 0 Å². The van der Waals surface area contributed by atoms with E-state index in [1.165, 1.54) is 5.56 Å². The highest BCUT2D eigenvalue weighted by atomic mass is 16.5. The number of ether oxygens (including phenoxy) is 2. The summed E-state index contributed by atoms with van der Waals surface area (Å²) in [4.78, 5) is 11.4. The van der Waals surface area contributed by atoms with Gasteiger partial charge in [0.1, 0.15) is 11.5 Å². The van der Waals surface area contributed by atoms with Gasteiger partial charge in [-0.15, -0.1) is 0 Å². The lowest BCUT2D eigenvalue weighted by Crippen LogP contribution is -2.37. The fraction of sp³-hybridized carbons (Fsp3) is 0.409. The summed E-state index contributed by atoms with van der Waals surface area (Å²) >= 11 is 0. The van der Waals surface area contributed by atoms with Crippen LogP contribution in [0.2, 0.25) is 0 Å². The molecule has 144 valence electrons. The fourth-order valence-electron chi connectivity index (χ4n) is 4.41. The molecule has 0 aliphatic heterocycles. The van der Waals surface area contributed by atoms with Crippen LogP contribution in [0.25, 0.3) is 11.1 Å². The Morgan fingerprint density at radius 1 is 1.15 bits per heavy atom. The molecule has 1 atom stereocenters. The van der Waals surface area contributed by atoms with Gasteiger partial charge in [-0.3, -0.25) is 0 Å². The predicted molar refractivity (Wildman–Crippen MR) is 106 cm³/mol. The first-order valence-electron chi connectivity index (χ1n) is 9.33. The summed E-state index contributed by atoms with van der Waals surface area (Å²) in [5.41, 5.74) is 4.09. The second kappa shape index (κ2) is 7.51. The van der Waals surface area contributed by atoms with E-state index >= 15 is 0 Å². The van der Waals surface area contributed by atoms with Crippen LogP contribution >= 0.6 is 0 Å². The first kappa shape index (κ1) is 19.1. The molecule has 5 nitrogen and oxygen atoms in total. The van der Waals surface area contributed by atoms with E-state index in [1.807, 2.05) is 30.3 Å². The lowest BCUT2D eigenvalue weighted by Gasteiger charge is -2.33. The van der Waals surface area contributed by atoms with E-state index in [4.69, 9.17) is 9.47 Å². The molecule has 3 rings (SSSR count). The zero-order chi connectivity index (χ0) is 19.6. The second-order valence-electron chi connectivity index (χ2n) is 7.08. The Balaban J connectivity index is 2.12. The summed E-state index contributed by atoms with van der Waals surface area (Å²) in [6, 6.07) is 11.8. The van der Waals surface area contributed by atoms with Gasteiger partial charge in [0, 0.05) is 0 Å². The van der Waals surface area contributed by atoms with Crippen molar-refractivity contribution in [3.05, 3.63) is 47.5 Å². The van der Waals surface area contributed by atoms with Crippen LogP contribution in [0.5, 0.6) is 11.5 Å². The summed E-state index contributed by atoms with van der Waals surface area (Å²) in [7, 11) is 3.30. The number of carbonyl (C=O) groups is 1. The van der Waals surface area contributed by atoms with Gasteiger partial charge in [-0.05, 0) is 53.5 Å². The molecule has 1 aliphatic rings. The van der Waals surface area contributed by atoms with Crippen molar-refractivity contribution in [1.29, 1.82) is 0 Å². The van der Waals surface area contributed by atoms with E-state index in [1.54, 1.807) is 14.2 Å². The smallest absolute Gasteiger partial charge is 0.405 e. The van der Waals surface area contributed by atoms with Gasteiger partial charge in [0.05, 0.1) is 25.8 Å². The van der Waals surface area contributed by atoms with Crippen LogP contribution in [0.1, 0.15) is 43.9 Å². The molecule has 1 unspecified atom stereocenters. The SMILES string of the molecule is CCC1(CC)Cc2cc(-c3c(OC)cccc3OC)ccc2C1NC(=O)O. The predicted octanol–water partition coefficient (Wildman–Crippen LogP) is 5.04. The van der Waals surface area contributed by atoms with Crippen LogP contribution in [0.3, 0.4) is 0 Å². The zero-order valence-corrected chi connectivity index (χ0v) is 16.3. The van der Waals surface area contributed by atoms with Crippen LogP contribution < -0.4 is 14.8 Å². The maximum Gasteiger partial charge on any atom is 0.405 e. The minimum absolute atomic E-state index is 0.0930. The molecule has 2 aromatic rings. The molecule has 1 amide bonds. The third-order valence-electron chi connectivity index (χ3n) is 6.00. The average molecular weight is 369 g/mol. The molecule has 27 heavy (non-hydrogen) atoms. The van der Waals surface area contributed by atoms with E-state index in [-0.39, 0.29) is 11.5 Å². The van der Waals surface area contributed by atoms with Crippen LogP contribution in [-0.2, 0) is 6.42 Å². The maximum atomic E-state index is 11.4. The monoisotopic (exact) mass is 369 g/mol. The van der Waals surface area contributed by atoms with Crippen molar-refractivity contribution in [2.45, 2.75) is 39.2 Å². The van der Waals surface area contributed by atoms with Crippen molar-refractivity contribution in [1.82, 2.24) is 5.32 Å². The van der Waals surface area contributed by atoms with E-state index in [0.717, 1.165) is 47.5 Å². The van der Waals surface area contributed by atoms with E-state index in [0.29, 0.717) is 0 Å². The number of methoxy groups -OCH3 is 2. The van der Waals surface area contributed by atoms with Gasteiger partial charge < -0.3 is 19.9 Å². The van der Waals surface area contributed by atoms with Crippen LogP contribution in [0.15, 0.2) is 36.4 Å². The number of hydrogen-bond donors (Lipinski definition) is 2. The first-order chi connectivity index (χ1) is 13.0. The van der Waals surface area contributed by atoms with Gasteiger partial charge in [-0.25, -0.2) is 4.79 Å². The maximum absolute atomic E-state index is 11.4. The van der Waals surface area contributed by atoms with E-state index in [9.17, 15) is 9.90 Å². The molecule has 0 bridgehead atoms. The molecule has 5 heteroatoms. The Bertz CT molecular complexity index is 820. The van der Waals surface area contributed by atoms with Gasteiger partial charge in [0.2, 0.25) is 0 Å². The molecular weight excluding hydrogens is 342 g/mol.